The fraction of sp³-hybridized carbons (Fsp3) is 0.0952. The summed E-state index contributed by atoms with van der Waals surface area (Å²) in [5.41, 5.74) is 2.99. The van der Waals surface area contributed by atoms with Crippen molar-refractivity contribution in [3.05, 3.63) is 67.1 Å². The Morgan fingerprint density at radius 2 is 1.68 bits per heavy atom. The van der Waals surface area contributed by atoms with Crippen LogP contribution < -0.4 is 9.03 Å². The molecule has 2 aromatic carbocycles. The minimum Gasteiger partial charge on any atom is -0.361 e. The Morgan fingerprint density at radius 3 is 2.38 bits per heavy atom. The lowest BCUT2D eigenvalue weighted by molar-refractivity contribution is 0.590. The number of anilines is 3. The van der Waals surface area contributed by atoms with Crippen LogP contribution in [-0.4, -0.2) is 54.1 Å². The molecule has 34 heavy (non-hydrogen) atoms. The van der Waals surface area contributed by atoms with Gasteiger partial charge in [-0.2, -0.15) is 13.8 Å². The third-order valence-corrected chi connectivity index (χ3v) is 8.30. The zero-order valence-electron chi connectivity index (χ0n) is 18.0. The highest BCUT2D eigenvalue weighted by Crippen LogP contribution is 2.26. The van der Waals surface area contributed by atoms with Gasteiger partial charge in [-0.3, -0.25) is 0 Å². The van der Waals surface area contributed by atoms with Gasteiger partial charge in [-0.25, -0.2) is 26.5 Å². The number of aromatic amines is 1. The van der Waals surface area contributed by atoms with Gasteiger partial charge in [-0.1, -0.05) is 6.07 Å². The quantitative estimate of drug-likeness (QED) is 0.365. The Hall–Kier alpha value is -3.97. The number of hydrogen-bond donors (Lipinski definition) is 2. The van der Waals surface area contributed by atoms with Crippen LogP contribution in [-0.2, 0) is 20.0 Å². The molecule has 0 fully saturated rings. The molecule has 3 heterocycles. The average molecular weight is 498 g/mol. The van der Waals surface area contributed by atoms with Crippen molar-refractivity contribution in [2.45, 2.75) is 0 Å². The van der Waals surface area contributed by atoms with Crippen molar-refractivity contribution in [1.29, 1.82) is 0 Å². The van der Waals surface area contributed by atoms with Crippen LogP contribution in [0.15, 0.2) is 67.1 Å². The molecule has 0 saturated heterocycles. The molecule has 0 aliphatic heterocycles. The van der Waals surface area contributed by atoms with Crippen molar-refractivity contribution >= 4 is 59.3 Å². The van der Waals surface area contributed by atoms with Gasteiger partial charge in [0, 0.05) is 29.0 Å². The van der Waals surface area contributed by atoms with Gasteiger partial charge in [0.1, 0.15) is 0 Å². The first-order chi connectivity index (χ1) is 16.1. The van der Waals surface area contributed by atoms with Gasteiger partial charge in [0.2, 0.25) is 26.0 Å². The van der Waals surface area contributed by atoms with Crippen LogP contribution in [0.25, 0.3) is 27.6 Å². The van der Waals surface area contributed by atoms with Gasteiger partial charge in [0.05, 0.1) is 35.5 Å². The van der Waals surface area contributed by atoms with E-state index in [1.54, 1.807) is 29.2 Å². The molecule has 0 atom stereocenters. The number of benzene rings is 2. The molecule has 0 spiro atoms. The molecule has 174 valence electrons. The Kier molecular flexibility index (Phi) is 5.02. The number of H-pyrrole nitrogens is 1. The molecule has 11 nitrogen and oxygen atoms in total. The summed E-state index contributed by atoms with van der Waals surface area (Å²) in [6, 6.07) is 13.7. The Balaban J connectivity index is 1.48. The molecule has 13 heteroatoms. The summed E-state index contributed by atoms with van der Waals surface area (Å²) in [6.07, 6.45) is 6.86. The van der Waals surface area contributed by atoms with E-state index in [0.29, 0.717) is 21.0 Å². The Labute approximate surface area is 195 Å². The van der Waals surface area contributed by atoms with Crippen molar-refractivity contribution in [3.8, 4) is 5.69 Å². The molecular weight excluding hydrogens is 478 g/mol. The maximum atomic E-state index is 12.0. The van der Waals surface area contributed by atoms with Gasteiger partial charge in [0.15, 0.2) is 5.65 Å². The fourth-order valence-corrected chi connectivity index (χ4v) is 6.71. The van der Waals surface area contributed by atoms with Crippen molar-refractivity contribution in [3.63, 3.8) is 0 Å². The third-order valence-electron chi connectivity index (χ3n) is 5.05. The second-order valence-corrected chi connectivity index (χ2v) is 11.5. The normalized spacial score (nSPS) is 12.3. The van der Waals surface area contributed by atoms with E-state index < -0.39 is 20.0 Å². The molecule has 0 aliphatic carbocycles. The molecule has 0 bridgehead atoms. The van der Waals surface area contributed by atoms with Crippen molar-refractivity contribution in [2.24, 2.45) is 0 Å². The molecule has 0 saturated carbocycles. The highest BCUT2D eigenvalue weighted by molar-refractivity contribution is 8.09. The van der Waals surface area contributed by atoms with E-state index in [2.05, 4.69) is 25.4 Å². The minimum absolute atomic E-state index is 0.00425. The number of sulfonamides is 2. The monoisotopic (exact) mass is 497 g/mol. The molecule has 0 amide bonds. The lowest BCUT2D eigenvalue weighted by Gasteiger charge is -2.19. The predicted octanol–water partition coefficient (Wildman–Crippen LogP) is 2.77. The highest BCUT2D eigenvalue weighted by Gasteiger charge is 2.27. The van der Waals surface area contributed by atoms with E-state index >= 15 is 0 Å². The number of nitrogens with zero attached hydrogens (tertiary/aromatic N) is 5. The first-order valence-electron chi connectivity index (χ1n) is 9.96. The zero-order chi connectivity index (χ0) is 24.1. The maximum Gasteiger partial charge on any atom is 0.245 e. The van der Waals surface area contributed by atoms with Crippen LogP contribution in [0.4, 0.5) is 17.3 Å². The first-order valence-corrected chi connectivity index (χ1v) is 13.7. The summed E-state index contributed by atoms with van der Waals surface area (Å²) < 4.78 is 50.0. The number of fused-ring (bicyclic) bond motifs is 2. The summed E-state index contributed by atoms with van der Waals surface area (Å²) in [6.45, 7) is 0. The van der Waals surface area contributed by atoms with Crippen LogP contribution in [0.1, 0.15) is 0 Å². The van der Waals surface area contributed by atoms with E-state index in [1.807, 2.05) is 30.5 Å². The van der Waals surface area contributed by atoms with Gasteiger partial charge < -0.3 is 10.3 Å². The summed E-state index contributed by atoms with van der Waals surface area (Å²) in [4.78, 5) is 12.1. The number of aromatic nitrogens is 5. The van der Waals surface area contributed by atoms with E-state index in [-0.39, 0.29) is 5.69 Å². The van der Waals surface area contributed by atoms with Crippen molar-refractivity contribution in [2.75, 3.05) is 21.5 Å². The van der Waals surface area contributed by atoms with E-state index in [9.17, 15) is 16.8 Å². The standard InChI is InChI=1S/C21H19N7O4S2/c1-33(29,30)28(34(2,31)32)16-8-6-15(7-9-16)25-21-23-12-14-13-24-27(20(14)26-21)19-5-3-4-18-17(19)10-11-22-18/h3-13,22H,1-2H3,(H,23,25,26). The smallest absolute Gasteiger partial charge is 0.245 e. The molecule has 5 rings (SSSR count). The van der Waals surface area contributed by atoms with Crippen LogP contribution in [0.2, 0.25) is 0 Å². The van der Waals surface area contributed by atoms with Crippen LogP contribution >= 0.6 is 0 Å². The van der Waals surface area contributed by atoms with Crippen molar-refractivity contribution < 1.29 is 16.8 Å². The molecular formula is C21H19N7O4S2. The Bertz CT molecular complexity index is 1710. The van der Waals surface area contributed by atoms with Crippen LogP contribution in [0.5, 0.6) is 0 Å². The second kappa shape index (κ2) is 7.81. The van der Waals surface area contributed by atoms with Crippen LogP contribution in [0.3, 0.4) is 0 Å². The highest BCUT2D eigenvalue weighted by atomic mass is 32.3. The van der Waals surface area contributed by atoms with Gasteiger partial charge in [-0.05, 0) is 42.5 Å². The largest absolute Gasteiger partial charge is 0.361 e. The average Bonchev–Trinajstić information content (AvgIpc) is 3.39. The molecule has 0 aliphatic rings. The molecule has 2 N–H and O–H groups in total. The summed E-state index contributed by atoms with van der Waals surface area (Å²) >= 11 is 0. The number of rotatable bonds is 6. The van der Waals surface area contributed by atoms with Crippen molar-refractivity contribution in [1.82, 2.24) is 24.7 Å². The first kappa shape index (κ1) is 21.9. The summed E-state index contributed by atoms with van der Waals surface area (Å²) in [7, 11) is -8.04. The summed E-state index contributed by atoms with van der Waals surface area (Å²) in [5.74, 6) is 0.298. The van der Waals surface area contributed by atoms with E-state index in [4.69, 9.17) is 0 Å². The van der Waals surface area contributed by atoms with E-state index in [1.165, 1.54) is 12.1 Å². The SMILES string of the molecule is CS(=O)(=O)N(c1ccc(Nc2ncc3cnn(-c4cccc5[nH]ccc45)c3n2)cc1)S(C)(=O)=O. The zero-order valence-corrected chi connectivity index (χ0v) is 19.7. The van der Waals surface area contributed by atoms with E-state index in [0.717, 1.165) is 34.5 Å². The maximum absolute atomic E-state index is 12.0. The summed E-state index contributed by atoms with van der Waals surface area (Å²) in [5, 5.41) is 9.28. The molecule has 5 aromatic rings. The van der Waals surface area contributed by atoms with Gasteiger partial charge in [0.25, 0.3) is 0 Å². The molecule has 3 aromatic heterocycles. The second-order valence-electron chi connectivity index (χ2n) is 7.64. The lowest BCUT2D eigenvalue weighted by Crippen LogP contribution is -2.35. The topological polar surface area (TPSA) is 143 Å². The number of nitrogens with one attached hydrogen (secondary N) is 2. The predicted molar refractivity (Wildman–Crippen MR) is 130 cm³/mol. The van der Waals surface area contributed by atoms with Crippen LogP contribution in [0, 0.1) is 0 Å². The molecule has 0 radical (unpaired) electrons. The van der Waals surface area contributed by atoms with Gasteiger partial charge in [-0.15, -0.1) is 0 Å². The third kappa shape index (κ3) is 3.95. The lowest BCUT2D eigenvalue weighted by atomic mass is 10.2. The fourth-order valence-electron chi connectivity index (χ4n) is 3.73. The van der Waals surface area contributed by atoms with Gasteiger partial charge >= 0.3 is 0 Å². The minimum atomic E-state index is -4.02. The number of hydrogen-bond acceptors (Lipinski definition) is 8. The molecule has 0 unspecified atom stereocenters. The Morgan fingerprint density at radius 1 is 0.941 bits per heavy atom.